The molecule has 0 spiro atoms. The Balaban J connectivity index is 1.60. The monoisotopic (exact) mass is 448 g/mol. The lowest BCUT2D eigenvalue weighted by atomic mass is 10.0. The number of methoxy groups -OCH3 is 1. The zero-order valence-corrected chi connectivity index (χ0v) is 19.0. The van der Waals surface area contributed by atoms with Gasteiger partial charge in [0.25, 0.3) is 0 Å². The van der Waals surface area contributed by atoms with Crippen molar-refractivity contribution in [3.63, 3.8) is 0 Å². The molecule has 3 aromatic rings. The van der Waals surface area contributed by atoms with Crippen LogP contribution in [0.15, 0.2) is 36.4 Å². The molecule has 0 bridgehead atoms. The van der Waals surface area contributed by atoms with Gasteiger partial charge in [-0.15, -0.1) is 10.2 Å². The van der Waals surface area contributed by atoms with Crippen molar-refractivity contribution in [1.29, 1.82) is 5.26 Å². The smallest absolute Gasteiger partial charge is 0.319 e. The van der Waals surface area contributed by atoms with Crippen LogP contribution in [0.25, 0.3) is 21.1 Å². The van der Waals surface area contributed by atoms with E-state index in [0.717, 1.165) is 34.0 Å². The van der Waals surface area contributed by atoms with Crippen molar-refractivity contribution in [2.24, 2.45) is 0 Å². The molecule has 4 rings (SSSR count). The molecule has 1 aliphatic carbocycles. The van der Waals surface area contributed by atoms with Gasteiger partial charge in [0.2, 0.25) is 0 Å². The molecule has 0 radical (unpaired) electrons. The number of ether oxygens (including phenoxy) is 2. The van der Waals surface area contributed by atoms with Crippen LogP contribution in [0.2, 0.25) is 0 Å². The van der Waals surface area contributed by atoms with E-state index in [-0.39, 0.29) is 24.7 Å². The highest BCUT2D eigenvalue weighted by molar-refractivity contribution is 7.17. The first-order chi connectivity index (χ1) is 15.5. The number of carbonyl (C=O) groups excluding carboxylic acids is 1. The number of esters is 1. The maximum atomic E-state index is 11.5. The maximum Gasteiger partial charge on any atom is 0.319 e. The highest BCUT2D eigenvalue weighted by Crippen LogP contribution is 2.40. The molecule has 1 unspecified atom stereocenters. The Morgan fingerprint density at radius 2 is 2.09 bits per heavy atom. The quantitative estimate of drug-likeness (QED) is 0.539. The van der Waals surface area contributed by atoms with Crippen molar-refractivity contribution in [3.05, 3.63) is 53.1 Å². The van der Waals surface area contributed by atoms with E-state index in [2.05, 4.69) is 33.7 Å². The molecule has 0 fully saturated rings. The van der Waals surface area contributed by atoms with Crippen LogP contribution in [-0.4, -0.2) is 35.9 Å². The molecule has 1 atom stereocenters. The summed E-state index contributed by atoms with van der Waals surface area (Å²) in [5.74, 6) is 0.298. The third-order valence-corrected chi connectivity index (χ3v) is 6.36. The summed E-state index contributed by atoms with van der Waals surface area (Å²) in [6.45, 7) is 4.05. The van der Waals surface area contributed by atoms with Crippen LogP contribution in [0.3, 0.4) is 0 Å². The summed E-state index contributed by atoms with van der Waals surface area (Å²) >= 11 is 1.50. The van der Waals surface area contributed by atoms with E-state index in [9.17, 15) is 10.1 Å². The van der Waals surface area contributed by atoms with Crippen LogP contribution in [0, 0.1) is 11.3 Å². The summed E-state index contributed by atoms with van der Waals surface area (Å²) in [7, 11) is 1.39. The third kappa shape index (κ3) is 4.49. The van der Waals surface area contributed by atoms with E-state index in [1.54, 1.807) is 6.07 Å². The van der Waals surface area contributed by atoms with E-state index in [1.807, 2.05) is 32.0 Å². The Kier molecular flexibility index (Phi) is 6.49. The molecule has 164 valence electrons. The topological polar surface area (TPSA) is 97.1 Å². The summed E-state index contributed by atoms with van der Waals surface area (Å²) in [5.41, 5.74) is 4.80. The summed E-state index contributed by atoms with van der Waals surface area (Å²) < 4.78 is 10.4. The zero-order chi connectivity index (χ0) is 22.7. The first-order valence-corrected chi connectivity index (χ1v) is 11.3. The van der Waals surface area contributed by atoms with E-state index < -0.39 is 0 Å². The van der Waals surface area contributed by atoms with Gasteiger partial charge in [-0.05, 0) is 56.0 Å². The van der Waals surface area contributed by atoms with Gasteiger partial charge in [-0.3, -0.25) is 4.79 Å². The van der Waals surface area contributed by atoms with E-state index in [1.165, 1.54) is 29.6 Å². The van der Waals surface area contributed by atoms with Gasteiger partial charge in [0.05, 0.1) is 25.3 Å². The first kappa shape index (κ1) is 21.9. The second-order valence-electron chi connectivity index (χ2n) is 7.82. The fourth-order valence-electron chi connectivity index (χ4n) is 3.90. The number of nitrogens with one attached hydrogen (secondary N) is 1. The number of aromatic nitrogens is 2. The van der Waals surface area contributed by atoms with Crippen LogP contribution >= 0.6 is 11.3 Å². The van der Waals surface area contributed by atoms with Crippen molar-refractivity contribution in [1.82, 2.24) is 15.5 Å². The van der Waals surface area contributed by atoms with Crippen LogP contribution < -0.4 is 10.1 Å². The van der Waals surface area contributed by atoms with Gasteiger partial charge >= 0.3 is 5.97 Å². The number of rotatable bonds is 7. The van der Waals surface area contributed by atoms with Gasteiger partial charge < -0.3 is 14.8 Å². The molecular weight excluding hydrogens is 424 g/mol. The Hall–Kier alpha value is -3.28. The Morgan fingerprint density at radius 1 is 1.28 bits per heavy atom. The van der Waals surface area contributed by atoms with E-state index in [0.29, 0.717) is 11.3 Å². The van der Waals surface area contributed by atoms with Gasteiger partial charge in [0, 0.05) is 17.2 Å². The van der Waals surface area contributed by atoms with Crippen molar-refractivity contribution in [2.45, 2.75) is 38.8 Å². The Bertz CT molecular complexity index is 1180. The Morgan fingerprint density at radius 3 is 2.84 bits per heavy atom. The average molecular weight is 449 g/mol. The van der Waals surface area contributed by atoms with Crippen LogP contribution in [0.4, 0.5) is 0 Å². The standard InChI is InChI=1S/C24H24N4O3S/c1-14(2)31-21-10-7-15(11-16(21)12-25)23-27-28-24(32-23)19-6-4-5-18-17(19)8-9-20(18)26-13-22(29)30-3/h4-7,10-11,14,20,26H,8-9,13H2,1-3H3. The van der Waals surface area contributed by atoms with Crippen LogP contribution in [0.1, 0.15) is 43.0 Å². The molecule has 32 heavy (non-hydrogen) atoms. The fourth-order valence-corrected chi connectivity index (χ4v) is 4.79. The van der Waals surface area contributed by atoms with Gasteiger partial charge in [-0.1, -0.05) is 29.5 Å². The molecule has 7 nitrogen and oxygen atoms in total. The van der Waals surface area contributed by atoms with E-state index in [4.69, 9.17) is 9.47 Å². The van der Waals surface area contributed by atoms with Crippen LogP contribution in [-0.2, 0) is 16.0 Å². The Labute approximate surface area is 191 Å². The number of benzene rings is 2. The van der Waals surface area contributed by atoms with E-state index >= 15 is 0 Å². The molecule has 0 aliphatic heterocycles. The minimum absolute atomic E-state index is 0.00723. The van der Waals surface area contributed by atoms with Gasteiger partial charge in [-0.2, -0.15) is 5.26 Å². The number of carbonyl (C=O) groups is 1. The average Bonchev–Trinajstić information content (AvgIpc) is 3.44. The number of nitrogens with zero attached hydrogens (tertiary/aromatic N) is 3. The van der Waals surface area contributed by atoms with Gasteiger partial charge in [0.1, 0.15) is 21.8 Å². The molecule has 0 saturated carbocycles. The minimum atomic E-state index is -0.273. The number of hydrogen-bond acceptors (Lipinski definition) is 8. The van der Waals surface area contributed by atoms with Crippen molar-refractivity contribution in [2.75, 3.05) is 13.7 Å². The summed E-state index contributed by atoms with van der Waals surface area (Å²) in [6, 6.07) is 14.0. The van der Waals surface area contributed by atoms with Crippen LogP contribution in [0.5, 0.6) is 5.75 Å². The zero-order valence-electron chi connectivity index (χ0n) is 18.2. The second kappa shape index (κ2) is 9.47. The molecule has 1 aliphatic rings. The highest BCUT2D eigenvalue weighted by Gasteiger charge is 2.26. The lowest BCUT2D eigenvalue weighted by Gasteiger charge is -2.13. The number of nitriles is 1. The molecule has 2 aromatic carbocycles. The van der Waals surface area contributed by atoms with Crippen molar-refractivity contribution in [3.8, 4) is 33.0 Å². The predicted molar refractivity (Wildman–Crippen MR) is 122 cm³/mol. The predicted octanol–water partition coefficient (Wildman–Crippen LogP) is 4.28. The molecule has 1 heterocycles. The summed E-state index contributed by atoms with van der Waals surface area (Å²) in [6.07, 6.45) is 1.81. The maximum absolute atomic E-state index is 11.5. The van der Waals surface area contributed by atoms with Crippen molar-refractivity contribution < 1.29 is 14.3 Å². The number of fused-ring (bicyclic) bond motifs is 1. The van der Waals surface area contributed by atoms with Crippen molar-refractivity contribution >= 4 is 17.3 Å². The third-order valence-electron chi connectivity index (χ3n) is 5.36. The molecule has 8 heteroatoms. The lowest BCUT2D eigenvalue weighted by molar-refractivity contribution is -0.139. The molecular formula is C24H24N4O3S. The summed E-state index contributed by atoms with van der Waals surface area (Å²) in [5, 5.41) is 23.2. The lowest BCUT2D eigenvalue weighted by Crippen LogP contribution is -2.27. The minimum Gasteiger partial charge on any atom is -0.490 e. The van der Waals surface area contributed by atoms with Gasteiger partial charge in [0.15, 0.2) is 0 Å². The fraction of sp³-hybridized carbons (Fsp3) is 0.333. The second-order valence-corrected chi connectivity index (χ2v) is 8.80. The first-order valence-electron chi connectivity index (χ1n) is 10.5. The number of hydrogen-bond donors (Lipinski definition) is 1. The largest absolute Gasteiger partial charge is 0.490 e. The SMILES string of the molecule is COC(=O)CNC1CCc2c(-c3nnc(-c4ccc(OC(C)C)c(C#N)c4)s3)cccc21. The molecule has 0 amide bonds. The molecule has 1 N–H and O–H groups in total. The normalized spacial score (nSPS) is 14.8. The van der Waals surface area contributed by atoms with Gasteiger partial charge in [-0.25, -0.2) is 0 Å². The summed E-state index contributed by atoms with van der Waals surface area (Å²) in [4.78, 5) is 11.5. The molecule has 1 aromatic heterocycles. The highest BCUT2D eigenvalue weighted by atomic mass is 32.1. The molecule has 0 saturated heterocycles.